The highest BCUT2D eigenvalue weighted by molar-refractivity contribution is 5.85. The van der Waals surface area contributed by atoms with Gasteiger partial charge >= 0.3 is 6.09 Å². The molecule has 22 heavy (non-hydrogen) atoms. The number of nitrogens with one attached hydrogen (secondary N) is 1. The second-order valence-corrected chi connectivity index (χ2v) is 5.74. The average molecular weight is 309 g/mol. The summed E-state index contributed by atoms with van der Waals surface area (Å²) in [5.74, 6) is -0.390. The molecule has 0 aliphatic rings. The van der Waals surface area contributed by atoms with E-state index < -0.39 is 17.7 Å². The van der Waals surface area contributed by atoms with Crippen molar-refractivity contribution in [1.82, 2.24) is 15.4 Å². The maximum atomic E-state index is 12.3. The Labute approximate surface area is 130 Å². The average Bonchev–Trinajstić information content (AvgIpc) is 2.44. The standard InChI is InChI=1S/C15H23N3O4/c1-15(2,3)22-14(20)17-12(13(19)18(4)21-5)10-11-8-6-7-9-16-11/h6-9,12H,10H2,1-5H3,(H,17,20)/t12-/m0/s1. The number of likely N-dealkylation sites (N-methyl/N-ethyl adjacent to an activating group) is 1. The number of aromatic nitrogens is 1. The lowest BCUT2D eigenvalue weighted by Crippen LogP contribution is -2.49. The second kappa shape index (κ2) is 7.74. The number of hydroxylamine groups is 2. The molecule has 7 nitrogen and oxygen atoms in total. The Balaban J connectivity index is 2.82. The molecule has 1 heterocycles. The summed E-state index contributed by atoms with van der Waals surface area (Å²) in [5, 5.41) is 3.63. The van der Waals surface area contributed by atoms with Crippen molar-refractivity contribution in [1.29, 1.82) is 0 Å². The first kappa shape index (κ1) is 17.9. The van der Waals surface area contributed by atoms with E-state index in [2.05, 4.69) is 10.3 Å². The Hall–Kier alpha value is -2.15. The Morgan fingerprint density at radius 1 is 1.36 bits per heavy atom. The van der Waals surface area contributed by atoms with Crippen LogP contribution in [0.5, 0.6) is 0 Å². The lowest BCUT2D eigenvalue weighted by Gasteiger charge is -2.25. The Morgan fingerprint density at radius 3 is 2.55 bits per heavy atom. The van der Waals surface area contributed by atoms with Crippen LogP contribution in [0.4, 0.5) is 4.79 Å². The van der Waals surface area contributed by atoms with Gasteiger partial charge in [-0.2, -0.15) is 0 Å². The quantitative estimate of drug-likeness (QED) is 0.834. The summed E-state index contributed by atoms with van der Waals surface area (Å²) in [6.45, 7) is 5.26. The largest absolute Gasteiger partial charge is 0.444 e. The van der Waals surface area contributed by atoms with E-state index >= 15 is 0 Å². The third kappa shape index (κ3) is 6.09. The van der Waals surface area contributed by atoms with Crippen LogP contribution in [0.25, 0.3) is 0 Å². The molecule has 0 unspecified atom stereocenters. The van der Waals surface area contributed by atoms with Crippen molar-refractivity contribution in [2.75, 3.05) is 14.2 Å². The summed E-state index contributed by atoms with van der Waals surface area (Å²) in [6, 6.07) is 4.55. The summed E-state index contributed by atoms with van der Waals surface area (Å²) < 4.78 is 5.19. The molecule has 0 aliphatic carbocycles. The fraction of sp³-hybridized carbons (Fsp3) is 0.533. The van der Waals surface area contributed by atoms with E-state index in [1.807, 2.05) is 6.07 Å². The van der Waals surface area contributed by atoms with Crippen LogP contribution in [-0.2, 0) is 20.8 Å². The molecule has 0 aliphatic heterocycles. The number of rotatable bonds is 5. The molecule has 1 aromatic rings. The maximum absolute atomic E-state index is 12.3. The highest BCUT2D eigenvalue weighted by atomic mass is 16.7. The van der Waals surface area contributed by atoms with Crippen molar-refractivity contribution in [3.8, 4) is 0 Å². The first-order valence-electron chi connectivity index (χ1n) is 6.94. The number of alkyl carbamates (subject to hydrolysis) is 1. The highest BCUT2D eigenvalue weighted by Gasteiger charge is 2.27. The smallest absolute Gasteiger partial charge is 0.408 e. The minimum absolute atomic E-state index is 0.243. The zero-order valence-electron chi connectivity index (χ0n) is 13.6. The second-order valence-electron chi connectivity index (χ2n) is 5.74. The molecule has 0 saturated carbocycles. The van der Waals surface area contributed by atoms with E-state index in [9.17, 15) is 9.59 Å². The van der Waals surface area contributed by atoms with Gasteiger partial charge in [-0.3, -0.25) is 14.6 Å². The van der Waals surface area contributed by atoms with Crippen molar-refractivity contribution in [3.05, 3.63) is 30.1 Å². The maximum Gasteiger partial charge on any atom is 0.408 e. The number of nitrogens with zero attached hydrogens (tertiary/aromatic N) is 2. The van der Waals surface area contributed by atoms with Gasteiger partial charge in [0.2, 0.25) is 0 Å². The van der Waals surface area contributed by atoms with E-state index in [1.54, 1.807) is 39.1 Å². The monoisotopic (exact) mass is 309 g/mol. The van der Waals surface area contributed by atoms with Gasteiger partial charge in [-0.15, -0.1) is 0 Å². The zero-order chi connectivity index (χ0) is 16.8. The van der Waals surface area contributed by atoms with Crippen molar-refractivity contribution >= 4 is 12.0 Å². The number of hydrogen-bond donors (Lipinski definition) is 1. The first-order chi connectivity index (χ1) is 10.2. The summed E-state index contributed by atoms with van der Waals surface area (Å²) in [7, 11) is 2.85. The van der Waals surface area contributed by atoms with E-state index in [0.717, 1.165) is 5.06 Å². The number of ether oxygens (including phenoxy) is 1. The third-order valence-corrected chi connectivity index (χ3v) is 2.71. The number of hydrogen-bond acceptors (Lipinski definition) is 5. The van der Waals surface area contributed by atoms with Crippen LogP contribution in [0.2, 0.25) is 0 Å². The fourth-order valence-corrected chi connectivity index (χ4v) is 1.69. The molecule has 1 N–H and O–H groups in total. The Bertz CT molecular complexity index is 499. The van der Waals surface area contributed by atoms with Gasteiger partial charge in [0.25, 0.3) is 5.91 Å². The van der Waals surface area contributed by atoms with Gasteiger partial charge in [-0.05, 0) is 32.9 Å². The molecule has 1 atom stereocenters. The fourth-order valence-electron chi connectivity index (χ4n) is 1.69. The van der Waals surface area contributed by atoms with Gasteiger partial charge < -0.3 is 10.1 Å². The molecule has 1 aromatic heterocycles. The van der Waals surface area contributed by atoms with Gasteiger partial charge in [-0.1, -0.05) is 6.07 Å². The minimum Gasteiger partial charge on any atom is -0.444 e. The van der Waals surface area contributed by atoms with Crippen LogP contribution >= 0.6 is 0 Å². The van der Waals surface area contributed by atoms with E-state index in [-0.39, 0.29) is 12.3 Å². The summed E-state index contributed by atoms with van der Waals surface area (Å²) in [5.41, 5.74) is 0.0388. The van der Waals surface area contributed by atoms with E-state index in [0.29, 0.717) is 5.69 Å². The predicted octanol–water partition coefficient (Wildman–Crippen LogP) is 1.54. The molecular weight excluding hydrogens is 286 g/mol. The van der Waals surface area contributed by atoms with Crippen molar-refractivity contribution in [2.24, 2.45) is 0 Å². The SMILES string of the molecule is CON(C)C(=O)[C@H](Cc1ccccn1)NC(=O)OC(C)(C)C. The molecule has 122 valence electrons. The number of carbonyl (C=O) groups is 2. The molecule has 7 heteroatoms. The van der Waals surface area contributed by atoms with Crippen LogP contribution in [0, 0.1) is 0 Å². The van der Waals surface area contributed by atoms with Crippen LogP contribution in [0.3, 0.4) is 0 Å². The minimum atomic E-state index is -0.824. The highest BCUT2D eigenvalue weighted by Crippen LogP contribution is 2.08. The summed E-state index contributed by atoms with van der Waals surface area (Å²) in [6.07, 6.45) is 1.21. The van der Waals surface area contributed by atoms with Crippen LogP contribution < -0.4 is 5.32 Å². The van der Waals surface area contributed by atoms with Gasteiger partial charge in [0.1, 0.15) is 11.6 Å². The van der Waals surface area contributed by atoms with Crippen LogP contribution in [0.1, 0.15) is 26.5 Å². The predicted molar refractivity (Wildman–Crippen MR) is 80.9 cm³/mol. The van der Waals surface area contributed by atoms with E-state index in [1.165, 1.54) is 14.2 Å². The van der Waals surface area contributed by atoms with Gasteiger partial charge in [0, 0.05) is 25.4 Å². The molecule has 0 spiro atoms. The Kier molecular flexibility index (Phi) is 6.30. The molecule has 0 bridgehead atoms. The lowest BCUT2D eigenvalue weighted by atomic mass is 10.1. The number of amides is 2. The summed E-state index contributed by atoms with van der Waals surface area (Å²) >= 11 is 0. The van der Waals surface area contributed by atoms with Crippen molar-refractivity contribution < 1.29 is 19.2 Å². The molecule has 0 saturated heterocycles. The zero-order valence-corrected chi connectivity index (χ0v) is 13.6. The number of carbonyl (C=O) groups excluding carboxylic acids is 2. The molecule has 0 fully saturated rings. The van der Waals surface area contributed by atoms with Crippen molar-refractivity contribution in [3.63, 3.8) is 0 Å². The van der Waals surface area contributed by atoms with Crippen LogP contribution in [-0.4, -0.2) is 47.8 Å². The molecular formula is C15H23N3O4. The molecule has 1 rings (SSSR count). The normalized spacial score (nSPS) is 12.4. The van der Waals surface area contributed by atoms with Gasteiger partial charge in [-0.25, -0.2) is 9.86 Å². The first-order valence-corrected chi connectivity index (χ1v) is 6.94. The van der Waals surface area contributed by atoms with Crippen LogP contribution in [0.15, 0.2) is 24.4 Å². The molecule has 2 amide bonds. The summed E-state index contributed by atoms with van der Waals surface area (Å²) in [4.78, 5) is 33.2. The molecule has 0 radical (unpaired) electrons. The van der Waals surface area contributed by atoms with Crippen molar-refractivity contribution in [2.45, 2.75) is 38.8 Å². The molecule has 0 aromatic carbocycles. The van der Waals surface area contributed by atoms with E-state index in [4.69, 9.17) is 9.57 Å². The third-order valence-electron chi connectivity index (χ3n) is 2.71. The Morgan fingerprint density at radius 2 is 2.05 bits per heavy atom. The topological polar surface area (TPSA) is 80.8 Å². The van der Waals surface area contributed by atoms with Gasteiger partial charge in [0.05, 0.1) is 7.11 Å². The lowest BCUT2D eigenvalue weighted by molar-refractivity contribution is -0.171. The number of pyridine rings is 1. The van der Waals surface area contributed by atoms with Gasteiger partial charge in [0.15, 0.2) is 0 Å².